The summed E-state index contributed by atoms with van der Waals surface area (Å²) in [5.74, 6) is 0. The van der Waals surface area contributed by atoms with Crippen LogP contribution in [0.3, 0.4) is 0 Å². The van der Waals surface area contributed by atoms with Crippen LogP contribution < -0.4 is 17.1 Å². The Morgan fingerprint density at radius 3 is 1.04 bits per heavy atom. The van der Waals surface area contributed by atoms with Crippen molar-refractivity contribution in [3.05, 3.63) is 64.8 Å². The Balaban J connectivity index is 3.64. The molecule has 24 heavy (non-hydrogen) atoms. The highest BCUT2D eigenvalue weighted by atomic mass is 35.5. The molecule has 1 aromatic heterocycles. The Morgan fingerprint density at radius 1 is 0.667 bits per heavy atom. The number of aromatic nitrogens is 3. The second kappa shape index (κ2) is 9.11. The molecule has 6 nitrogen and oxygen atoms in total. The van der Waals surface area contributed by atoms with Crippen molar-refractivity contribution in [2.75, 3.05) is 0 Å². The van der Waals surface area contributed by atoms with E-state index in [1.54, 1.807) is 20.8 Å². The molecule has 0 aliphatic rings. The summed E-state index contributed by atoms with van der Waals surface area (Å²) in [7, 11) is 0. The van der Waals surface area contributed by atoms with Gasteiger partial charge in [0.05, 0.1) is 19.6 Å². The van der Waals surface area contributed by atoms with Crippen LogP contribution in [0.1, 0.15) is 20.8 Å². The van der Waals surface area contributed by atoms with Crippen molar-refractivity contribution < 1.29 is 0 Å². The molecule has 0 bridgehead atoms. The number of allylic oxidation sites excluding steroid dienone is 6. The third kappa shape index (κ3) is 5.54. The third-order valence-corrected chi connectivity index (χ3v) is 3.51. The molecule has 0 N–H and O–H groups in total. The van der Waals surface area contributed by atoms with Gasteiger partial charge in [0.1, 0.15) is 0 Å². The average molecular weight is 395 g/mol. The predicted octanol–water partition coefficient (Wildman–Crippen LogP) is 2.60. The van der Waals surface area contributed by atoms with Crippen LogP contribution >= 0.6 is 34.8 Å². The molecule has 0 radical (unpaired) electrons. The maximum Gasteiger partial charge on any atom is 0.336 e. The van der Waals surface area contributed by atoms with Crippen LogP contribution in [0.2, 0.25) is 0 Å². The predicted molar refractivity (Wildman–Crippen MR) is 98.1 cm³/mol. The molecule has 0 saturated heterocycles. The summed E-state index contributed by atoms with van der Waals surface area (Å²) in [5, 5.41) is 1.29. The molecule has 132 valence electrons. The molecule has 0 aliphatic carbocycles. The van der Waals surface area contributed by atoms with Crippen LogP contribution in [0.15, 0.2) is 47.7 Å². The Labute approximate surface area is 153 Å². The topological polar surface area (TPSA) is 66.0 Å². The van der Waals surface area contributed by atoms with Crippen LogP contribution in [-0.4, -0.2) is 13.7 Å². The molecule has 1 heterocycles. The largest absolute Gasteiger partial charge is 0.336 e. The summed E-state index contributed by atoms with van der Waals surface area (Å²) in [4.78, 5) is 37.4. The first-order chi connectivity index (χ1) is 11.1. The normalized spacial score (nSPS) is 13.5. The summed E-state index contributed by atoms with van der Waals surface area (Å²) in [6.07, 6.45) is 4.53. The lowest BCUT2D eigenvalue weighted by molar-refractivity contribution is 0.500. The van der Waals surface area contributed by atoms with E-state index < -0.39 is 17.1 Å². The maximum absolute atomic E-state index is 12.5. The molecule has 0 aliphatic heterocycles. The number of halogens is 3. The molecule has 0 saturated carbocycles. The van der Waals surface area contributed by atoms with Crippen molar-refractivity contribution in [1.29, 1.82) is 0 Å². The van der Waals surface area contributed by atoms with Gasteiger partial charge < -0.3 is 0 Å². The van der Waals surface area contributed by atoms with E-state index in [0.29, 0.717) is 15.1 Å². The average Bonchev–Trinajstić information content (AvgIpc) is 2.45. The van der Waals surface area contributed by atoms with E-state index in [1.807, 2.05) is 0 Å². The molecule has 9 heteroatoms. The van der Waals surface area contributed by atoms with Gasteiger partial charge in [0, 0.05) is 15.1 Å². The van der Waals surface area contributed by atoms with Gasteiger partial charge in [-0.3, -0.25) is 0 Å². The lowest BCUT2D eigenvalue weighted by Gasteiger charge is -2.11. The van der Waals surface area contributed by atoms with E-state index in [2.05, 4.69) is 0 Å². The Morgan fingerprint density at radius 2 is 0.875 bits per heavy atom. The first-order valence-electron chi connectivity index (χ1n) is 7.06. The SMILES string of the molecule is C/C(Cl)=C/Cn1c(=O)n(C/C=C(/C)Cl)c(=O)n(C/C=C(\C)Cl)c1=O. The second-order valence-electron chi connectivity index (χ2n) is 5.05. The minimum Gasteiger partial charge on any atom is -0.247 e. The van der Waals surface area contributed by atoms with Crippen molar-refractivity contribution in [1.82, 2.24) is 13.7 Å². The van der Waals surface area contributed by atoms with Crippen LogP contribution in [0.25, 0.3) is 0 Å². The Hall–Kier alpha value is -1.50. The van der Waals surface area contributed by atoms with E-state index in [0.717, 1.165) is 13.7 Å². The number of hydrogen-bond donors (Lipinski definition) is 0. The van der Waals surface area contributed by atoms with Gasteiger partial charge >= 0.3 is 17.1 Å². The van der Waals surface area contributed by atoms with E-state index in [1.165, 1.54) is 18.2 Å². The van der Waals surface area contributed by atoms with Crippen molar-refractivity contribution in [3.63, 3.8) is 0 Å². The molecule has 0 atom stereocenters. The van der Waals surface area contributed by atoms with Crippen molar-refractivity contribution in [2.24, 2.45) is 0 Å². The van der Waals surface area contributed by atoms with Gasteiger partial charge in [-0.15, -0.1) is 0 Å². The molecule has 0 aromatic carbocycles. The van der Waals surface area contributed by atoms with Gasteiger partial charge in [-0.1, -0.05) is 53.0 Å². The number of rotatable bonds is 6. The summed E-state index contributed by atoms with van der Waals surface area (Å²) in [6, 6.07) is 0. The van der Waals surface area contributed by atoms with Crippen molar-refractivity contribution >= 4 is 34.8 Å². The second-order valence-corrected chi connectivity index (χ2v) is 6.84. The third-order valence-electron chi connectivity index (χ3n) is 3.05. The van der Waals surface area contributed by atoms with Crippen molar-refractivity contribution in [3.8, 4) is 0 Å². The fraction of sp³-hybridized carbons (Fsp3) is 0.400. The maximum atomic E-state index is 12.5. The van der Waals surface area contributed by atoms with Gasteiger partial charge in [-0.05, 0) is 20.8 Å². The lowest BCUT2D eigenvalue weighted by Crippen LogP contribution is -2.54. The van der Waals surface area contributed by atoms with E-state index in [9.17, 15) is 14.4 Å². The Kier molecular flexibility index (Phi) is 7.79. The van der Waals surface area contributed by atoms with E-state index >= 15 is 0 Å². The quantitative estimate of drug-likeness (QED) is 0.745. The number of hydrogen-bond acceptors (Lipinski definition) is 3. The minimum atomic E-state index is -0.726. The molecule has 1 aromatic rings. The van der Waals surface area contributed by atoms with Crippen LogP contribution in [0.4, 0.5) is 0 Å². The highest BCUT2D eigenvalue weighted by molar-refractivity contribution is 6.29. The zero-order valence-corrected chi connectivity index (χ0v) is 15.8. The lowest BCUT2D eigenvalue weighted by atomic mass is 10.4. The molecule has 0 spiro atoms. The van der Waals surface area contributed by atoms with Gasteiger partial charge in [0.2, 0.25) is 0 Å². The zero-order chi connectivity index (χ0) is 18.4. The number of nitrogens with zero attached hydrogens (tertiary/aromatic N) is 3. The van der Waals surface area contributed by atoms with Crippen LogP contribution in [0, 0.1) is 0 Å². The zero-order valence-electron chi connectivity index (χ0n) is 13.6. The highest BCUT2D eigenvalue weighted by Gasteiger charge is 2.13. The van der Waals surface area contributed by atoms with E-state index in [-0.39, 0.29) is 19.6 Å². The fourth-order valence-corrected chi connectivity index (χ4v) is 2.01. The standard InChI is InChI=1S/C15H18Cl3N3O3/c1-10(16)4-7-19-13(22)20(8-5-11(2)17)15(24)21(14(19)23)9-6-12(3)18/h4-6H,7-9H2,1-3H3/b10-4-,11-5-,12-6+. The van der Waals surface area contributed by atoms with Crippen LogP contribution in [-0.2, 0) is 19.6 Å². The van der Waals surface area contributed by atoms with Crippen molar-refractivity contribution in [2.45, 2.75) is 40.4 Å². The fourth-order valence-electron chi connectivity index (χ4n) is 1.80. The van der Waals surface area contributed by atoms with Gasteiger partial charge in [-0.25, -0.2) is 28.1 Å². The summed E-state index contributed by atoms with van der Waals surface area (Å²) < 4.78 is 2.80. The monoisotopic (exact) mass is 393 g/mol. The summed E-state index contributed by atoms with van der Waals surface area (Å²) in [5.41, 5.74) is -2.18. The van der Waals surface area contributed by atoms with Crippen LogP contribution in [0.5, 0.6) is 0 Å². The minimum absolute atomic E-state index is 0.0412. The molecule has 0 fully saturated rings. The van der Waals surface area contributed by atoms with Gasteiger partial charge in [0.15, 0.2) is 0 Å². The first kappa shape index (κ1) is 20.5. The molecular formula is C15H18Cl3N3O3. The van der Waals surface area contributed by atoms with E-state index in [4.69, 9.17) is 34.8 Å². The Bertz CT molecular complexity index is 716. The summed E-state index contributed by atoms with van der Waals surface area (Å²) in [6.45, 7) is 4.75. The summed E-state index contributed by atoms with van der Waals surface area (Å²) >= 11 is 17.3. The first-order valence-corrected chi connectivity index (χ1v) is 8.19. The van der Waals surface area contributed by atoms with Gasteiger partial charge in [0.25, 0.3) is 0 Å². The molecule has 0 unspecified atom stereocenters. The van der Waals surface area contributed by atoms with Gasteiger partial charge in [-0.2, -0.15) is 0 Å². The smallest absolute Gasteiger partial charge is 0.247 e. The molecular weight excluding hydrogens is 377 g/mol. The highest BCUT2D eigenvalue weighted by Crippen LogP contribution is 1.99. The molecule has 0 amide bonds. The molecule has 1 rings (SSSR count).